The summed E-state index contributed by atoms with van der Waals surface area (Å²) in [6, 6.07) is 0. The first-order chi connectivity index (χ1) is 8.42. The molecule has 0 N–H and O–H groups in total. The molecule has 100 valence electrons. The minimum Gasteiger partial charge on any atom is -0.243 e. The van der Waals surface area contributed by atoms with E-state index in [4.69, 9.17) is 11.6 Å². The molecular weight excluding hydrogens is 340 g/mol. The lowest BCUT2D eigenvalue weighted by atomic mass is 10.2. The minimum atomic E-state index is -3.29. The van der Waals surface area contributed by atoms with Crippen LogP contribution in [0.5, 0.6) is 0 Å². The van der Waals surface area contributed by atoms with E-state index in [-0.39, 0.29) is 10.9 Å². The molecule has 0 amide bonds. The molecule has 2 rings (SSSR count). The number of halogens is 2. The second-order valence-corrected chi connectivity index (χ2v) is 7.54. The van der Waals surface area contributed by atoms with Crippen molar-refractivity contribution in [3.05, 3.63) is 26.9 Å². The Bertz CT molecular complexity index is 556. The smallest absolute Gasteiger partial charge is 0.218 e. The van der Waals surface area contributed by atoms with E-state index in [1.54, 1.807) is 6.20 Å². The summed E-state index contributed by atoms with van der Waals surface area (Å²) in [7, 11) is -3.29. The highest BCUT2D eigenvalue weighted by Gasteiger charge is 2.27. The first-order valence-electron chi connectivity index (χ1n) is 5.69. The van der Waals surface area contributed by atoms with Crippen LogP contribution in [-0.4, -0.2) is 30.8 Å². The summed E-state index contributed by atoms with van der Waals surface area (Å²) in [4.78, 5) is 3.99. The van der Waals surface area contributed by atoms with Gasteiger partial charge in [0, 0.05) is 29.3 Å². The summed E-state index contributed by atoms with van der Waals surface area (Å²) in [5, 5.41) is 0.262. The van der Waals surface area contributed by atoms with Gasteiger partial charge in [0.1, 0.15) is 5.15 Å². The fraction of sp³-hybridized carbons (Fsp3) is 0.545. The summed E-state index contributed by atoms with van der Waals surface area (Å²) in [6.07, 6.45) is 3.45. The summed E-state index contributed by atoms with van der Waals surface area (Å²) in [6.45, 7) is 3.06. The summed E-state index contributed by atoms with van der Waals surface area (Å²) < 4.78 is 26.8. The van der Waals surface area contributed by atoms with Crippen molar-refractivity contribution in [1.82, 2.24) is 9.29 Å². The Labute approximate surface area is 121 Å². The number of rotatable bonds is 3. The summed E-state index contributed by atoms with van der Waals surface area (Å²) in [5.74, 6) is -0.0793. The van der Waals surface area contributed by atoms with E-state index >= 15 is 0 Å². The number of pyridine rings is 1. The van der Waals surface area contributed by atoms with Crippen LogP contribution in [0.25, 0.3) is 0 Å². The van der Waals surface area contributed by atoms with Gasteiger partial charge in [0.2, 0.25) is 10.0 Å². The molecule has 0 bridgehead atoms. The first-order valence-corrected chi connectivity index (χ1v) is 8.47. The maximum Gasteiger partial charge on any atom is 0.218 e. The van der Waals surface area contributed by atoms with E-state index in [1.807, 2.05) is 6.92 Å². The van der Waals surface area contributed by atoms with E-state index < -0.39 is 10.0 Å². The molecule has 0 unspecified atom stereocenters. The highest BCUT2D eigenvalue weighted by Crippen LogP contribution is 2.27. The highest BCUT2D eigenvalue weighted by atomic mass is 79.9. The molecule has 0 radical (unpaired) electrons. The average Bonchev–Trinajstić information content (AvgIpc) is 2.84. The monoisotopic (exact) mass is 352 g/mol. The molecule has 1 aliphatic rings. The maximum atomic E-state index is 12.2. The molecule has 0 atom stereocenters. The predicted molar refractivity (Wildman–Crippen MR) is 75.1 cm³/mol. The van der Waals surface area contributed by atoms with Crippen LogP contribution in [0.4, 0.5) is 0 Å². The Kier molecular flexibility index (Phi) is 4.31. The lowest BCUT2D eigenvalue weighted by molar-refractivity contribution is 0.476. The van der Waals surface area contributed by atoms with Gasteiger partial charge in [0.25, 0.3) is 0 Å². The molecule has 0 aliphatic carbocycles. The number of hydrogen-bond donors (Lipinski definition) is 0. The summed E-state index contributed by atoms with van der Waals surface area (Å²) in [5.41, 5.74) is 1.41. The molecule has 7 heteroatoms. The minimum absolute atomic E-state index is 0.0793. The van der Waals surface area contributed by atoms with Crippen LogP contribution in [0.1, 0.15) is 24.0 Å². The van der Waals surface area contributed by atoms with E-state index in [1.165, 1.54) is 4.31 Å². The van der Waals surface area contributed by atoms with Crippen LogP contribution >= 0.6 is 27.5 Å². The third-order valence-corrected chi connectivity index (χ3v) is 6.07. The Morgan fingerprint density at radius 3 is 2.67 bits per heavy atom. The topological polar surface area (TPSA) is 50.3 Å². The molecule has 18 heavy (non-hydrogen) atoms. The molecule has 0 saturated carbocycles. The quantitative estimate of drug-likeness (QED) is 0.785. The molecule has 1 saturated heterocycles. The van der Waals surface area contributed by atoms with Gasteiger partial charge < -0.3 is 0 Å². The maximum absolute atomic E-state index is 12.2. The van der Waals surface area contributed by atoms with Gasteiger partial charge in [-0.1, -0.05) is 11.6 Å². The molecule has 1 aromatic rings. The molecule has 1 aliphatic heterocycles. The van der Waals surface area contributed by atoms with E-state index in [9.17, 15) is 8.42 Å². The fourth-order valence-corrected chi connectivity index (χ4v) is 4.39. The van der Waals surface area contributed by atoms with E-state index in [0.29, 0.717) is 18.7 Å². The SMILES string of the molecule is Cc1c(Br)cnc(Cl)c1CS(=O)(=O)N1CCCC1. The number of nitrogens with zero attached hydrogens (tertiary/aromatic N) is 2. The van der Waals surface area contributed by atoms with Crippen molar-refractivity contribution < 1.29 is 8.42 Å². The van der Waals surface area contributed by atoms with Gasteiger partial charge in [-0.25, -0.2) is 17.7 Å². The van der Waals surface area contributed by atoms with Crippen molar-refractivity contribution in [2.75, 3.05) is 13.1 Å². The van der Waals surface area contributed by atoms with Crippen LogP contribution in [0, 0.1) is 6.92 Å². The Morgan fingerprint density at radius 2 is 2.06 bits per heavy atom. The zero-order valence-corrected chi connectivity index (χ0v) is 13.1. The second-order valence-electron chi connectivity index (χ2n) is 4.36. The van der Waals surface area contributed by atoms with Crippen LogP contribution < -0.4 is 0 Å². The highest BCUT2D eigenvalue weighted by molar-refractivity contribution is 9.10. The van der Waals surface area contributed by atoms with Crippen molar-refractivity contribution in [3.63, 3.8) is 0 Å². The van der Waals surface area contributed by atoms with Crippen LogP contribution in [0.15, 0.2) is 10.7 Å². The Balaban J connectivity index is 2.31. The van der Waals surface area contributed by atoms with Crippen LogP contribution in [-0.2, 0) is 15.8 Å². The predicted octanol–water partition coefficient (Wildman–Crippen LogP) is 2.73. The van der Waals surface area contributed by atoms with Crippen LogP contribution in [0.2, 0.25) is 5.15 Å². The Morgan fingerprint density at radius 1 is 1.44 bits per heavy atom. The lowest BCUT2D eigenvalue weighted by Gasteiger charge is -2.17. The summed E-state index contributed by atoms with van der Waals surface area (Å²) >= 11 is 9.34. The molecule has 0 spiro atoms. The van der Waals surface area contributed by atoms with Gasteiger partial charge in [0.05, 0.1) is 5.75 Å². The molecule has 1 aromatic heterocycles. The third kappa shape index (κ3) is 2.87. The van der Waals surface area contributed by atoms with Crippen molar-refractivity contribution in [2.24, 2.45) is 0 Å². The molecular formula is C11H14BrClN2O2S. The van der Waals surface area contributed by atoms with Crippen molar-refractivity contribution in [3.8, 4) is 0 Å². The molecule has 1 fully saturated rings. The van der Waals surface area contributed by atoms with Gasteiger partial charge in [-0.15, -0.1) is 0 Å². The second kappa shape index (κ2) is 5.45. The van der Waals surface area contributed by atoms with Gasteiger partial charge in [-0.2, -0.15) is 0 Å². The van der Waals surface area contributed by atoms with E-state index in [0.717, 1.165) is 22.9 Å². The number of aromatic nitrogens is 1. The van der Waals surface area contributed by atoms with Gasteiger partial charge in [-0.05, 0) is 41.3 Å². The average molecular weight is 354 g/mol. The largest absolute Gasteiger partial charge is 0.243 e. The van der Waals surface area contributed by atoms with Crippen molar-refractivity contribution in [1.29, 1.82) is 0 Å². The van der Waals surface area contributed by atoms with Crippen molar-refractivity contribution in [2.45, 2.75) is 25.5 Å². The van der Waals surface area contributed by atoms with Crippen molar-refractivity contribution >= 4 is 37.6 Å². The van der Waals surface area contributed by atoms with Gasteiger partial charge in [0.15, 0.2) is 0 Å². The molecule has 4 nitrogen and oxygen atoms in total. The first kappa shape index (κ1) is 14.2. The fourth-order valence-electron chi connectivity index (χ4n) is 1.99. The van der Waals surface area contributed by atoms with Gasteiger partial charge in [-0.3, -0.25) is 0 Å². The third-order valence-electron chi connectivity index (χ3n) is 3.14. The normalized spacial score (nSPS) is 17.3. The Hall–Kier alpha value is -0.170. The molecule has 2 heterocycles. The number of hydrogen-bond acceptors (Lipinski definition) is 3. The van der Waals surface area contributed by atoms with Gasteiger partial charge >= 0.3 is 0 Å². The zero-order valence-electron chi connectivity index (χ0n) is 9.99. The number of sulfonamides is 1. The zero-order chi connectivity index (χ0) is 13.3. The lowest BCUT2D eigenvalue weighted by Crippen LogP contribution is -2.29. The molecule has 0 aromatic carbocycles. The van der Waals surface area contributed by atoms with Crippen LogP contribution in [0.3, 0.4) is 0 Å². The standard InChI is InChI=1S/C11H14BrClN2O2S/c1-8-9(11(13)14-6-10(8)12)7-18(16,17)15-4-2-3-5-15/h6H,2-5,7H2,1H3. The van der Waals surface area contributed by atoms with E-state index in [2.05, 4.69) is 20.9 Å².